The van der Waals surface area contributed by atoms with Gasteiger partial charge in [0.25, 0.3) is 6.29 Å². The van der Waals surface area contributed by atoms with Gasteiger partial charge < -0.3 is 9.47 Å². The molecule has 0 N–H and O–H groups in total. The molecule has 0 saturated carbocycles. The second-order valence-corrected chi connectivity index (χ2v) is 2.97. The van der Waals surface area contributed by atoms with Crippen LogP contribution in [0.15, 0.2) is 24.3 Å². The van der Waals surface area contributed by atoms with Gasteiger partial charge in [0.1, 0.15) is 0 Å². The number of rotatable bonds is 6. The highest BCUT2D eigenvalue weighted by Crippen LogP contribution is 2.22. The Balaban J connectivity index is 2.93. The van der Waals surface area contributed by atoms with Crippen molar-refractivity contribution in [3.63, 3.8) is 0 Å². The van der Waals surface area contributed by atoms with Crippen LogP contribution in [-0.4, -0.2) is 28.4 Å². The van der Waals surface area contributed by atoms with E-state index in [0.717, 1.165) is 11.1 Å². The molecule has 0 aliphatic rings. The lowest BCUT2D eigenvalue weighted by Gasteiger charge is -2.21. The van der Waals surface area contributed by atoms with Crippen molar-refractivity contribution in [2.24, 2.45) is 0 Å². The Kier molecular flexibility index (Phi) is 5.14. The monoisotopic (exact) mass is 224 g/mol. The minimum absolute atomic E-state index is 0.452. The average Bonchev–Trinajstić information content (AvgIpc) is 2.33. The Morgan fingerprint density at radius 2 is 1.62 bits per heavy atom. The van der Waals surface area contributed by atoms with Crippen molar-refractivity contribution in [1.29, 1.82) is 0 Å². The summed E-state index contributed by atoms with van der Waals surface area (Å²) in [6.45, 7) is 0. The molecule has 0 aromatic heterocycles. The van der Waals surface area contributed by atoms with Gasteiger partial charge in [0.2, 0.25) is 0 Å². The lowest BCUT2D eigenvalue weighted by atomic mass is 10.1. The largest absolute Gasteiger partial charge is 0.388 e. The molecule has 4 heteroatoms. The minimum atomic E-state index is 0.452. The van der Waals surface area contributed by atoms with Gasteiger partial charge in [-0.25, -0.2) is 0 Å². The SMILES string of the molecule is CO[C+](OC)c1cccc([C-](OC)OC)c1. The second kappa shape index (κ2) is 6.40. The highest BCUT2D eigenvalue weighted by atomic mass is 16.7. The fourth-order valence-electron chi connectivity index (χ4n) is 1.41. The van der Waals surface area contributed by atoms with E-state index >= 15 is 0 Å². The Morgan fingerprint density at radius 1 is 1.00 bits per heavy atom. The van der Waals surface area contributed by atoms with Crippen molar-refractivity contribution in [3.8, 4) is 0 Å². The number of hydrogen-bond donors (Lipinski definition) is 0. The summed E-state index contributed by atoms with van der Waals surface area (Å²) in [6, 6.07) is 7.51. The van der Waals surface area contributed by atoms with E-state index in [-0.39, 0.29) is 0 Å². The number of ether oxygens (including phenoxy) is 4. The molecule has 0 unspecified atom stereocenters. The van der Waals surface area contributed by atoms with Gasteiger partial charge in [-0.1, -0.05) is 6.07 Å². The van der Waals surface area contributed by atoms with Crippen LogP contribution in [0.3, 0.4) is 0 Å². The van der Waals surface area contributed by atoms with Crippen molar-refractivity contribution < 1.29 is 18.9 Å². The van der Waals surface area contributed by atoms with E-state index in [0.29, 0.717) is 12.6 Å². The highest BCUT2D eigenvalue weighted by molar-refractivity contribution is 5.34. The zero-order valence-corrected chi connectivity index (χ0v) is 9.94. The summed E-state index contributed by atoms with van der Waals surface area (Å²) in [5.41, 5.74) is 1.66. The van der Waals surface area contributed by atoms with Crippen molar-refractivity contribution in [2.45, 2.75) is 0 Å². The predicted octanol–water partition coefficient (Wildman–Crippen LogP) is 1.95. The van der Waals surface area contributed by atoms with Crippen molar-refractivity contribution >= 4 is 0 Å². The van der Waals surface area contributed by atoms with Crippen molar-refractivity contribution in [3.05, 3.63) is 48.0 Å². The van der Waals surface area contributed by atoms with Gasteiger partial charge >= 0.3 is 0 Å². The van der Waals surface area contributed by atoms with Crippen LogP contribution in [0.25, 0.3) is 0 Å². The molecule has 0 radical (unpaired) electrons. The maximum Gasteiger partial charge on any atom is 0.271 e. The van der Waals surface area contributed by atoms with Gasteiger partial charge in [-0.2, -0.15) is 0 Å². The first-order valence-electron chi connectivity index (χ1n) is 4.77. The summed E-state index contributed by atoms with van der Waals surface area (Å²) in [7, 11) is 6.23. The molecular weight excluding hydrogens is 208 g/mol. The van der Waals surface area contributed by atoms with Crippen LogP contribution in [-0.2, 0) is 18.9 Å². The molecular formula is C12H16O4. The van der Waals surface area contributed by atoms with Gasteiger partial charge in [-0.3, -0.25) is 9.47 Å². The molecule has 0 atom stereocenters. The standard InChI is InChI=1S/C12H16O4/c1-13-11(14-2)9-6-5-7-10(8-9)12(15-3)16-4/h5-8H,1-4H3. The van der Waals surface area contributed by atoms with Gasteiger partial charge in [-0.15, -0.1) is 17.7 Å². The Hall–Kier alpha value is -1.20. The fourth-order valence-corrected chi connectivity index (χ4v) is 1.41. The van der Waals surface area contributed by atoms with Crippen molar-refractivity contribution in [1.82, 2.24) is 0 Å². The van der Waals surface area contributed by atoms with E-state index in [1.165, 1.54) is 0 Å². The molecule has 0 aliphatic carbocycles. The Bertz CT molecular complexity index is 278. The molecule has 0 heterocycles. The third-order valence-corrected chi connectivity index (χ3v) is 2.08. The second-order valence-electron chi connectivity index (χ2n) is 2.97. The van der Waals surface area contributed by atoms with E-state index in [2.05, 4.69) is 0 Å². The first-order chi connectivity index (χ1) is 7.76. The molecule has 1 aromatic carbocycles. The van der Waals surface area contributed by atoms with Crippen LogP contribution >= 0.6 is 0 Å². The summed E-state index contributed by atoms with van der Waals surface area (Å²) < 4.78 is 20.4. The molecule has 4 nitrogen and oxygen atoms in total. The minimum Gasteiger partial charge on any atom is -0.388 e. The molecule has 0 fully saturated rings. The van der Waals surface area contributed by atoms with Crippen LogP contribution in [0, 0.1) is 12.6 Å². The molecule has 1 rings (SSSR count). The topological polar surface area (TPSA) is 36.9 Å². The quantitative estimate of drug-likeness (QED) is 0.692. The van der Waals surface area contributed by atoms with Gasteiger partial charge in [0.15, 0.2) is 0 Å². The molecule has 0 aliphatic heterocycles. The predicted molar refractivity (Wildman–Crippen MR) is 59.2 cm³/mol. The van der Waals surface area contributed by atoms with Crippen LogP contribution in [0.4, 0.5) is 0 Å². The Labute approximate surface area is 96.1 Å². The normalized spacial score (nSPS) is 10.2. The average molecular weight is 224 g/mol. The third-order valence-electron chi connectivity index (χ3n) is 2.08. The molecule has 0 bridgehead atoms. The van der Waals surface area contributed by atoms with E-state index < -0.39 is 0 Å². The molecule has 0 saturated heterocycles. The van der Waals surface area contributed by atoms with Crippen LogP contribution in [0.5, 0.6) is 0 Å². The van der Waals surface area contributed by atoms with Gasteiger partial charge in [0.05, 0.1) is 26.1 Å². The maximum atomic E-state index is 5.09. The molecule has 0 amide bonds. The summed E-state index contributed by atoms with van der Waals surface area (Å²) in [5.74, 6) is 0. The smallest absolute Gasteiger partial charge is 0.271 e. The molecule has 88 valence electrons. The van der Waals surface area contributed by atoms with E-state index in [1.54, 1.807) is 28.4 Å². The van der Waals surface area contributed by atoms with Crippen LogP contribution < -0.4 is 0 Å². The number of benzene rings is 1. The van der Waals surface area contributed by atoms with E-state index in [4.69, 9.17) is 18.9 Å². The van der Waals surface area contributed by atoms with Crippen LogP contribution in [0.1, 0.15) is 11.1 Å². The molecule has 0 spiro atoms. The summed E-state index contributed by atoms with van der Waals surface area (Å²) in [4.78, 5) is 0. The first kappa shape index (κ1) is 12.9. The van der Waals surface area contributed by atoms with Crippen LogP contribution in [0.2, 0.25) is 0 Å². The Morgan fingerprint density at radius 3 is 2.12 bits per heavy atom. The zero-order chi connectivity index (χ0) is 12.0. The van der Waals surface area contributed by atoms with E-state index in [1.807, 2.05) is 24.3 Å². The maximum absolute atomic E-state index is 5.09. The number of hydrogen-bond acceptors (Lipinski definition) is 4. The third kappa shape index (κ3) is 2.90. The lowest BCUT2D eigenvalue weighted by Crippen LogP contribution is -2.08. The highest BCUT2D eigenvalue weighted by Gasteiger charge is 2.15. The van der Waals surface area contributed by atoms with Gasteiger partial charge in [0, 0.05) is 20.3 Å². The first-order valence-corrected chi connectivity index (χ1v) is 4.77. The molecule has 1 aromatic rings. The van der Waals surface area contributed by atoms with E-state index in [9.17, 15) is 0 Å². The summed E-state index contributed by atoms with van der Waals surface area (Å²) in [5, 5.41) is 0. The summed E-state index contributed by atoms with van der Waals surface area (Å²) >= 11 is 0. The van der Waals surface area contributed by atoms with Gasteiger partial charge in [-0.05, 0) is 0 Å². The van der Waals surface area contributed by atoms with Crippen molar-refractivity contribution in [2.75, 3.05) is 28.4 Å². The molecule has 16 heavy (non-hydrogen) atoms. The summed E-state index contributed by atoms with van der Waals surface area (Å²) in [6.07, 6.45) is 0.904. The lowest BCUT2D eigenvalue weighted by molar-refractivity contribution is 0.0232. The fraction of sp³-hybridized carbons (Fsp3) is 0.333. The number of methoxy groups -OCH3 is 4. The zero-order valence-electron chi connectivity index (χ0n) is 9.94.